The van der Waals surface area contributed by atoms with Crippen molar-refractivity contribution in [2.75, 3.05) is 45.8 Å². The average Bonchev–Trinajstić information content (AvgIpc) is 3.01. The third-order valence-electron chi connectivity index (χ3n) is 4.69. The molecule has 0 aromatic heterocycles. The second-order valence-corrected chi connectivity index (χ2v) is 6.10. The van der Waals surface area contributed by atoms with Gasteiger partial charge in [-0.3, -0.25) is 4.99 Å². The van der Waals surface area contributed by atoms with E-state index >= 15 is 0 Å². The lowest BCUT2D eigenvalue weighted by molar-refractivity contribution is 0.188. The standard InChI is InChI=1S/C16H32N4.HI/c1-3-17-16(20-11-5-6-12-20)18-10-7-15-8-13-19(4-2)14-9-15;/h15H,3-14H2,1-2H3,(H,17,18);1H. The van der Waals surface area contributed by atoms with Crippen molar-refractivity contribution in [2.24, 2.45) is 10.9 Å². The van der Waals surface area contributed by atoms with Crippen molar-refractivity contribution in [3.05, 3.63) is 0 Å². The van der Waals surface area contributed by atoms with Gasteiger partial charge in [0, 0.05) is 26.2 Å². The van der Waals surface area contributed by atoms with E-state index in [-0.39, 0.29) is 24.0 Å². The van der Waals surface area contributed by atoms with E-state index < -0.39 is 0 Å². The zero-order valence-corrected chi connectivity index (χ0v) is 16.1. The molecule has 2 saturated heterocycles. The molecule has 2 heterocycles. The Hall–Kier alpha value is -0.0400. The quantitative estimate of drug-likeness (QED) is 0.431. The molecule has 2 aliphatic rings. The third-order valence-corrected chi connectivity index (χ3v) is 4.69. The molecule has 0 bridgehead atoms. The molecular weight excluding hydrogens is 375 g/mol. The smallest absolute Gasteiger partial charge is 0.193 e. The molecular formula is C16H33IN4. The zero-order chi connectivity index (χ0) is 14.2. The summed E-state index contributed by atoms with van der Waals surface area (Å²) in [6, 6.07) is 0. The van der Waals surface area contributed by atoms with E-state index in [0.29, 0.717) is 0 Å². The number of rotatable bonds is 5. The molecule has 2 fully saturated rings. The fourth-order valence-electron chi connectivity index (χ4n) is 3.30. The summed E-state index contributed by atoms with van der Waals surface area (Å²) in [6.45, 7) is 12.6. The summed E-state index contributed by atoms with van der Waals surface area (Å²) >= 11 is 0. The molecule has 5 heteroatoms. The number of nitrogens with one attached hydrogen (secondary N) is 1. The first-order valence-electron chi connectivity index (χ1n) is 8.59. The van der Waals surface area contributed by atoms with Crippen molar-refractivity contribution < 1.29 is 0 Å². The van der Waals surface area contributed by atoms with Crippen LogP contribution in [0.3, 0.4) is 0 Å². The minimum Gasteiger partial charge on any atom is -0.357 e. The SMILES string of the molecule is CCNC(=NCCC1CCN(CC)CC1)N1CCCC1.I. The van der Waals surface area contributed by atoms with Crippen LogP contribution in [-0.2, 0) is 0 Å². The molecule has 0 radical (unpaired) electrons. The van der Waals surface area contributed by atoms with Crippen molar-refractivity contribution in [3.63, 3.8) is 0 Å². The molecule has 0 aromatic rings. The van der Waals surface area contributed by atoms with E-state index in [0.717, 1.165) is 25.0 Å². The zero-order valence-electron chi connectivity index (χ0n) is 13.8. The summed E-state index contributed by atoms with van der Waals surface area (Å²) in [7, 11) is 0. The highest BCUT2D eigenvalue weighted by atomic mass is 127. The van der Waals surface area contributed by atoms with E-state index in [1.807, 2.05) is 0 Å². The number of hydrogen-bond donors (Lipinski definition) is 1. The summed E-state index contributed by atoms with van der Waals surface area (Å²) in [4.78, 5) is 9.83. The molecule has 0 aliphatic carbocycles. The molecule has 4 nitrogen and oxygen atoms in total. The minimum atomic E-state index is 0. The average molecular weight is 408 g/mol. The highest BCUT2D eigenvalue weighted by Crippen LogP contribution is 2.20. The van der Waals surface area contributed by atoms with Gasteiger partial charge in [-0.15, -0.1) is 24.0 Å². The molecule has 0 spiro atoms. The Balaban J connectivity index is 0.00000220. The Morgan fingerprint density at radius 3 is 2.33 bits per heavy atom. The Morgan fingerprint density at radius 2 is 1.76 bits per heavy atom. The van der Waals surface area contributed by atoms with Crippen LogP contribution in [0.2, 0.25) is 0 Å². The van der Waals surface area contributed by atoms with Gasteiger partial charge in [0.05, 0.1) is 0 Å². The number of guanidine groups is 1. The van der Waals surface area contributed by atoms with E-state index in [4.69, 9.17) is 4.99 Å². The van der Waals surface area contributed by atoms with E-state index in [1.54, 1.807) is 0 Å². The number of piperidine rings is 1. The maximum Gasteiger partial charge on any atom is 0.193 e. The van der Waals surface area contributed by atoms with Crippen LogP contribution in [0.1, 0.15) is 46.0 Å². The van der Waals surface area contributed by atoms with E-state index in [1.165, 1.54) is 64.8 Å². The molecule has 1 N–H and O–H groups in total. The number of halogens is 1. The summed E-state index contributed by atoms with van der Waals surface area (Å²) in [6.07, 6.45) is 6.63. The Bertz CT molecular complexity index is 295. The van der Waals surface area contributed by atoms with Crippen molar-refractivity contribution >= 4 is 29.9 Å². The van der Waals surface area contributed by atoms with E-state index in [2.05, 4.69) is 29.0 Å². The monoisotopic (exact) mass is 408 g/mol. The Morgan fingerprint density at radius 1 is 1.10 bits per heavy atom. The largest absolute Gasteiger partial charge is 0.357 e. The van der Waals surface area contributed by atoms with Gasteiger partial charge in [0.2, 0.25) is 0 Å². The summed E-state index contributed by atoms with van der Waals surface area (Å²) in [5.74, 6) is 2.04. The molecule has 2 rings (SSSR count). The van der Waals surface area contributed by atoms with Crippen LogP contribution in [0, 0.1) is 5.92 Å². The predicted molar refractivity (Wildman–Crippen MR) is 102 cm³/mol. The molecule has 0 amide bonds. The Labute approximate surface area is 147 Å². The van der Waals surface area contributed by atoms with Crippen LogP contribution in [0.4, 0.5) is 0 Å². The first-order valence-corrected chi connectivity index (χ1v) is 8.59. The van der Waals surface area contributed by atoms with Crippen molar-refractivity contribution in [1.29, 1.82) is 0 Å². The van der Waals surface area contributed by atoms with Gasteiger partial charge in [0.15, 0.2) is 5.96 Å². The van der Waals surface area contributed by atoms with Crippen LogP contribution < -0.4 is 5.32 Å². The highest BCUT2D eigenvalue weighted by molar-refractivity contribution is 14.0. The second-order valence-electron chi connectivity index (χ2n) is 6.10. The lowest BCUT2D eigenvalue weighted by Crippen LogP contribution is -2.39. The molecule has 0 unspecified atom stereocenters. The predicted octanol–water partition coefficient (Wildman–Crippen LogP) is 2.79. The van der Waals surface area contributed by atoms with Crippen molar-refractivity contribution in [3.8, 4) is 0 Å². The van der Waals surface area contributed by atoms with Crippen LogP contribution in [-0.4, -0.2) is 61.6 Å². The normalized spacial score (nSPS) is 21.4. The second kappa shape index (κ2) is 10.6. The van der Waals surface area contributed by atoms with Crippen LogP contribution in [0.15, 0.2) is 4.99 Å². The lowest BCUT2D eigenvalue weighted by atomic mass is 9.94. The number of likely N-dealkylation sites (tertiary alicyclic amines) is 2. The maximum absolute atomic E-state index is 4.85. The third kappa shape index (κ3) is 6.30. The van der Waals surface area contributed by atoms with Gasteiger partial charge in [-0.1, -0.05) is 6.92 Å². The highest BCUT2D eigenvalue weighted by Gasteiger charge is 2.18. The van der Waals surface area contributed by atoms with Crippen LogP contribution >= 0.6 is 24.0 Å². The fraction of sp³-hybridized carbons (Fsp3) is 0.938. The van der Waals surface area contributed by atoms with E-state index in [9.17, 15) is 0 Å². The van der Waals surface area contributed by atoms with Gasteiger partial charge in [-0.25, -0.2) is 0 Å². The molecule has 0 atom stereocenters. The van der Waals surface area contributed by atoms with Crippen molar-refractivity contribution in [1.82, 2.24) is 15.1 Å². The summed E-state index contributed by atoms with van der Waals surface area (Å²) in [5, 5.41) is 3.45. The topological polar surface area (TPSA) is 30.9 Å². The minimum absolute atomic E-state index is 0. The fourth-order valence-corrected chi connectivity index (χ4v) is 3.30. The lowest BCUT2D eigenvalue weighted by Gasteiger charge is -2.30. The molecule has 21 heavy (non-hydrogen) atoms. The molecule has 2 aliphatic heterocycles. The van der Waals surface area contributed by atoms with Gasteiger partial charge in [-0.2, -0.15) is 0 Å². The van der Waals surface area contributed by atoms with Gasteiger partial charge < -0.3 is 15.1 Å². The summed E-state index contributed by atoms with van der Waals surface area (Å²) in [5.41, 5.74) is 0. The molecule has 0 aromatic carbocycles. The first kappa shape index (κ1) is 19.0. The first-order chi connectivity index (χ1) is 9.83. The number of nitrogens with zero attached hydrogens (tertiary/aromatic N) is 3. The van der Waals surface area contributed by atoms with Crippen molar-refractivity contribution in [2.45, 2.75) is 46.0 Å². The molecule has 124 valence electrons. The number of aliphatic imine (C=N–C) groups is 1. The van der Waals surface area contributed by atoms with Gasteiger partial charge in [0.1, 0.15) is 0 Å². The van der Waals surface area contributed by atoms with Crippen LogP contribution in [0.25, 0.3) is 0 Å². The van der Waals surface area contributed by atoms with Gasteiger partial charge in [-0.05, 0) is 64.6 Å². The summed E-state index contributed by atoms with van der Waals surface area (Å²) < 4.78 is 0. The van der Waals surface area contributed by atoms with Gasteiger partial charge >= 0.3 is 0 Å². The molecule has 0 saturated carbocycles. The number of hydrogen-bond acceptors (Lipinski definition) is 2. The van der Waals surface area contributed by atoms with Gasteiger partial charge in [0.25, 0.3) is 0 Å². The maximum atomic E-state index is 4.85. The Kier molecular flexibility index (Phi) is 9.64. The van der Waals surface area contributed by atoms with Crippen LogP contribution in [0.5, 0.6) is 0 Å².